The van der Waals surface area contributed by atoms with Crippen molar-refractivity contribution in [1.82, 2.24) is 10.2 Å². The molecule has 1 N–H and O–H groups in total. The van der Waals surface area contributed by atoms with Crippen molar-refractivity contribution in [3.8, 4) is 0 Å². The monoisotopic (exact) mass is 280 g/mol. The van der Waals surface area contributed by atoms with Gasteiger partial charge in [0.25, 0.3) is 0 Å². The molecule has 2 atom stereocenters. The fraction of sp³-hybridized carbons (Fsp3) is 0.941. The number of piperidine rings is 1. The number of rotatable bonds is 6. The second-order valence-corrected chi connectivity index (χ2v) is 7.00. The highest BCUT2D eigenvalue weighted by Gasteiger charge is 2.30. The molecule has 1 heterocycles. The molecule has 0 spiro atoms. The zero-order valence-electron chi connectivity index (χ0n) is 13.5. The smallest absolute Gasteiger partial charge is 0.225 e. The fourth-order valence-electron chi connectivity index (χ4n) is 3.61. The third-order valence-corrected chi connectivity index (χ3v) is 5.23. The van der Waals surface area contributed by atoms with Gasteiger partial charge in [-0.25, -0.2) is 0 Å². The van der Waals surface area contributed by atoms with Crippen LogP contribution in [0.3, 0.4) is 0 Å². The second kappa shape index (κ2) is 7.44. The van der Waals surface area contributed by atoms with E-state index in [9.17, 15) is 4.79 Å². The number of likely N-dealkylation sites (tertiary alicyclic amines) is 1. The number of carbonyl (C=O) groups is 1. The summed E-state index contributed by atoms with van der Waals surface area (Å²) in [5.41, 5.74) is 0. The molecule has 1 amide bonds. The average Bonchev–Trinajstić information content (AvgIpc) is 2.37. The third-order valence-electron chi connectivity index (χ3n) is 5.23. The zero-order valence-corrected chi connectivity index (χ0v) is 13.5. The molecule has 0 aromatic carbocycles. The minimum Gasteiger partial charge on any atom is -0.341 e. The van der Waals surface area contributed by atoms with Gasteiger partial charge in [0.1, 0.15) is 0 Å². The summed E-state index contributed by atoms with van der Waals surface area (Å²) < 4.78 is 0. The SMILES string of the molecule is CCC(CC)C(=O)N1CC(C)CC(NCC2CCC2)C1. The van der Waals surface area contributed by atoms with Gasteiger partial charge in [0.05, 0.1) is 0 Å². The van der Waals surface area contributed by atoms with Crippen LogP contribution in [0.5, 0.6) is 0 Å². The lowest BCUT2D eigenvalue weighted by Gasteiger charge is -2.39. The number of nitrogens with zero attached hydrogens (tertiary/aromatic N) is 1. The summed E-state index contributed by atoms with van der Waals surface area (Å²) in [6.45, 7) is 9.58. The van der Waals surface area contributed by atoms with Gasteiger partial charge in [-0.05, 0) is 50.5 Å². The summed E-state index contributed by atoms with van der Waals surface area (Å²) in [5, 5.41) is 3.72. The molecule has 2 aliphatic rings. The summed E-state index contributed by atoms with van der Waals surface area (Å²) in [7, 11) is 0. The van der Waals surface area contributed by atoms with E-state index in [0.29, 0.717) is 17.9 Å². The molecule has 1 saturated heterocycles. The van der Waals surface area contributed by atoms with Gasteiger partial charge < -0.3 is 10.2 Å². The van der Waals surface area contributed by atoms with Crippen LogP contribution in [0.1, 0.15) is 59.3 Å². The van der Waals surface area contributed by atoms with E-state index in [-0.39, 0.29) is 5.92 Å². The summed E-state index contributed by atoms with van der Waals surface area (Å²) in [4.78, 5) is 14.7. The number of hydrogen-bond acceptors (Lipinski definition) is 2. The van der Waals surface area contributed by atoms with Crippen LogP contribution < -0.4 is 5.32 Å². The van der Waals surface area contributed by atoms with E-state index in [0.717, 1.165) is 38.4 Å². The van der Waals surface area contributed by atoms with Crippen LogP contribution >= 0.6 is 0 Å². The summed E-state index contributed by atoms with van der Waals surface area (Å²) >= 11 is 0. The molecule has 0 bridgehead atoms. The molecule has 0 radical (unpaired) electrons. The Morgan fingerprint density at radius 1 is 1.25 bits per heavy atom. The van der Waals surface area contributed by atoms with E-state index in [4.69, 9.17) is 0 Å². The zero-order chi connectivity index (χ0) is 14.5. The van der Waals surface area contributed by atoms with Crippen molar-refractivity contribution in [3.05, 3.63) is 0 Å². The fourth-order valence-corrected chi connectivity index (χ4v) is 3.61. The molecule has 3 nitrogen and oxygen atoms in total. The maximum Gasteiger partial charge on any atom is 0.225 e. The predicted molar refractivity (Wildman–Crippen MR) is 83.6 cm³/mol. The van der Waals surface area contributed by atoms with Crippen molar-refractivity contribution >= 4 is 5.91 Å². The molecule has 1 aliphatic carbocycles. The molecular weight excluding hydrogens is 248 g/mol. The first-order valence-electron chi connectivity index (χ1n) is 8.66. The normalized spacial score (nSPS) is 27.7. The minimum atomic E-state index is 0.229. The van der Waals surface area contributed by atoms with E-state index >= 15 is 0 Å². The van der Waals surface area contributed by atoms with Crippen LogP contribution in [0.25, 0.3) is 0 Å². The van der Waals surface area contributed by atoms with Crippen molar-refractivity contribution in [3.63, 3.8) is 0 Å². The van der Waals surface area contributed by atoms with Gasteiger partial charge in [-0.2, -0.15) is 0 Å². The van der Waals surface area contributed by atoms with E-state index in [1.807, 2.05) is 0 Å². The highest BCUT2D eigenvalue weighted by Crippen LogP contribution is 2.26. The van der Waals surface area contributed by atoms with E-state index in [2.05, 4.69) is 31.0 Å². The maximum absolute atomic E-state index is 12.6. The highest BCUT2D eigenvalue weighted by atomic mass is 16.2. The van der Waals surface area contributed by atoms with E-state index in [1.165, 1.54) is 25.7 Å². The van der Waals surface area contributed by atoms with Gasteiger partial charge in [-0.3, -0.25) is 4.79 Å². The average molecular weight is 280 g/mol. The Balaban J connectivity index is 1.84. The number of carbonyl (C=O) groups excluding carboxylic acids is 1. The Kier molecular flexibility index (Phi) is 5.88. The van der Waals surface area contributed by atoms with Crippen LogP contribution in [0.15, 0.2) is 0 Å². The van der Waals surface area contributed by atoms with Gasteiger partial charge in [0, 0.05) is 25.0 Å². The van der Waals surface area contributed by atoms with Gasteiger partial charge in [-0.15, -0.1) is 0 Å². The summed E-state index contributed by atoms with van der Waals surface area (Å²) in [5.74, 6) is 2.14. The lowest BCUT2D eigenvalue weighted by Crippen LogP contribution is -2.53. The first kappa shape index (κ1) is 15.8. The maximum atomic E-state index is 12.6. The van der Waals surface area contributed by atoms with Gasteiger partial charge in [0.2, 0.25) is 5.91 Å². The molecule has 1 saturated carbocycles. The number of hydrogen-bond donors (Lipinski definition) is 1. The predicted octanol–water partition coefficient (Wildman–Crippen LogP) is 3.05. The van der Waals surface area contributed by atoms with E-state index < -0.39 is 0 Å². The van der Waals surface area contributed by atoms with Crippen LogP contribution in [0.4, 0.5) is 0 Å². The Morgan fingerprint density at radius 3 is 2.50 bits per heavy atom. The largest absolute Gasteiger partial charge is 0.341 e. The number of nitrogens with one attached hydrogen (secondary N) is 1. The quantitative estimate of drug-likeness (QED) is 0.811. The molecule has 116 valence electrons. The lowest BCUT2D eigenvalue weighted by atomic mass is 9.85. The lowest BCUT2D eigenvalue weighted by molar-refractivity contribution is -0.138. The molecule has 2 fully saturated rings. The van der Waals surface area contributed by atoms with Crippen LogP contribution in [-0.2, 0) is 4.79 Å². The topological polar surface area (TPSA) is 32.3 Å². The molecule has 20 heavy (non-hydrogen) atoms. The van der Waals surface area contributed by atoms with Crippen molar-refractivity contribution in [2.24, 2.45) is 17.8 Å². The van der Waals surface area contributed by atoms with Crippen molar-refractivity contribution in [1.29, 1.82) is 0 Å². The summed E-state index contributed by atoms with van der Waals surface area (Å²) in [6.07, 6.45) is 7.37. The van der Waals surface area contributed by atoms with Crippen LogP contribution in [0, 0.1) is 17.8 Å². The first-order chi connectivity index (χ1) is 9.63. The molecule has 0 aromatic heterocycles. The van der Waals surface area contributed by atoms with E-state index in [1.54, 1.807) is 0 Å². The third kappa shape index (κ3) is 3.97. The Hall–Kier alpha value is -0.570. The van der Waals surface area contributed by atoms with Gasteiger partial charge in [-0.1, -0.05) is 27.2 Å². The molecule has 2 unspecified atom stereocenters. The molecule has 0 aromatic rings. The minimum absolute atomic E-state index is 0.229. The molecule has 2 rings (SSSR count). The molecule has 3 heteroatoms. The second-order valence-electron chi connectivity index (χ2n) is 7.00. The Bertz CT molecular complexity index is 310. The van der Waals surface area contributed by atoms with Crippen molar-refractivity contribution in [2.75, 3.05) is 19.6 Å². The molecule has 1 aliphatic heterocycles. The van der Waals surface area contributed by atoms with Crippen molar-refractivity contribution in [2.45, 2.75) is 65.3 Å². The van der Waals surface area contributed by atoms with Crippen molar-refractivity contribution < 1.29 is 4.79 Å². The van der Waals surface area contributed by atoms with Crippen LogP contribution in [-0.4, -0.2) is 36.5 Å². The van der Waals surface area contributed by atoms with Gasteiger partial charge >= 0.3 is 0 Å². The van der Waals surface area contributed by atoms with Crippen LogP contribution in [0.2, 0.25) is 0 Å². The Labute approximate surface area is 124 Å². The number of amides is 1. The highest BCUT2D eigenvalue weighted by molar-refractivity contribution is 5.78. The standard InChI is InChI=1S/C17H32N2O/c1-4-15(5-2)17(20)19-11-13(3)9-16(12-19)18-10-14-7-6-8-14/h13-16,18H,4-12H2,1-3H3. The van der Waals surface area contributed by atoms with Gasteiger partial charge in [0.15, 0.2) is 0 Å². The molecular formula is C17H32N2O. The summed E-state index contributed by atoms with van der Waals surface area (Å²) in [6, 6.07) is 0.512. The Morgan fingerprint density at radius 2 is 1.95 bits per heavy atom. The first-order valence-corrected chi connectivity index (χ1v) is 8.66.